The van der Waals surface area contributed by atoms with Gasteiger partial charge < -0.3 is 19.9 Å². The number of hydrogen-bond donors (Lipinski definition) is 1. The Morgan fingerprint density at radius 3 is 2.67 bits per heavy atom. The van der Waals surface area contributed by atoms with Crippen molar-refractivity contribution in [1.29, 1.82) is 5.26 Å². The SMILES string of the molecule is N#Cc1cccnc1Oc1ccc(CC(N)C(=O)N2CCn3c(nnc3C(F)(F)F)C2)cc1. The summed E-state index contributed by atoms with van der Waals surface area (Å²) in [6, 6.07) is 11.2. The maximum atomic E-state index is 13.0. The Bertz CT molecular complexity index is 1200. The molecular formula is C21H18F3N7O2. The number of nitrogens with two attached hydrogens (primary N) is 1. The number of nitriles is 1. The standard InChI is InChI=1S/C21H18F3N7O2/c22-21(23,24)20-29-28-17-12-30(8-9-31(17)20)19(32)16(26)10-13-3-5-15(6-4-13)33-18-14(11-25)2-1-7-27-18/h1-7,16H,8-10,12,26H2. The maximum Gasteiger partial charge on any atom is 0.451 e. The molecule has 0 radical (unpaired) electrons. The predicted molar refractivity (Wildman–Crippen MR) is 108 cm³/mol. The van der Waals surface area contributed by atoms with Crippen LogP contribution >= 0.6 is 0 Å². The molecule has 33 heavy (non-hydrogen) atoms. The largest absolute Gasteiger partial charge is 0.451 e. The third-order valence-electron chi connectivity index (χ3n) is 5.12. The fourth-order valence-electron chi connectivity index (χ4n) is 3.49. The van der Waals surface area contributed by atoms with Crippen molar-refractivity contribution in [1.82, 2.24) is 24.6 Å². The molecule has 9 nitrogen and oxygen atoms in total. The quantitative estimate of drug-likeness (QED) is 0.623. The Labute approximate surface area is 186 Å². The molecule has 4 rings (SSSR count). The van der Waals surface area contributed by atoms with Gasteiger partial charge in [0.25, 0.3) is 0 Å². The van der Waals surface area contributed by atoms with Gasteiger partial charge in [0.15, 0.2) is 5.82 Å². The minimum atomic E-state index is -4.60. The van der Waals surface area contributed by atoms with E-state index < -0.39 is 18.0 Å². The van der Waals surface area contributed by atoms with E-state index in [1.165, 1.54) is 11.1 Å². The van der Waals surface area contributed by atoms with Crippen molar-refractivity contribution in [3.63, 3.8) is 0 Å². The van der Waals surface area contributed by atoms with Crippen LogP contribution in [0.3, 0.4) is 0 Å². The molecule has 0 saturated carbocycles. The van der Waals surface area contributed by atoms with Crippen LogP contribution in [0.2, 0.25) is 0 Å². The number of benzene rings is 1. The number of aromatic nitrogens is 4. The smallest absolute Gasteiger partial charge is 0.438 e. The number of halogens is 3. The van der Waals surface area contributed by atoms with Gasteiger partial charge in [-0.05, 0) is 36.2 Å². The molecule has 1 amide bonds. The van der Waals surface area contributed by atoms with E-state index in [0.29, 0.717) is 11.3 Å². The van der Waals surface area contributed by atoms with Crippen LogP contribution in [-0.4, -0.2) is 43.1 Å². The molecule has 1 atom stereocenters. The summed E-state index contributed by atoms with van der Waals surface area (Å²) < 4.78 is 45.5. The highest BCUT2D eigenvalue weighted by Crippen LogP contribution is 2.29. The zero-order valence-electron chi connectivity index (χ0n) is 17.2. The topological polar surface area (TPSA) is 123 Å². The van der Waals surface area contributed by atoms with E-state index in [1.54, 1.807) is 36.4 Å². The Kier molecular flexibility index (Phi) is 5.97. The first-order chi connectivity index (χ1) is 15.8. The second-order valence-corrected chi connectivity index (χ2v) is 7.37. The summed E-state index contributed by atoms with van der Waals surface area (Å²) in [6.07, 6.45) is -2.86. The number of hydrogen-bond acceptors (Lipinski definition) is 7. The van der Waals surface area contributed by atoms with Crippen molar-refractivity contribution in [2.75, 3.05) is 6.54 Å². The Balaban J connectivity index is 1.37. The summed E-state index contributed by atoms with van der Waals surface area (Å²) >= 11 is 0. The van der Waals surface area contributed by atoms with Crippen molar-refractivity contribution in [3.8, 4) is 17.7 Å². The molecule has 2 N–H and O–H groups in total. The van der Waals surface area contributed by atoms with Crippen LogP contribution in [0.15, 0.2) is 42.6 Å². The molecule has 1 aliphatic rings. The van der Waals surface area contributed by atoms with Gasteiger partial charge >= 0.3 is 6.18 Å². The molecule has 12 heteroatoms. The Hall–Kier alpha value is -3.98. The molecule has 0 spiro atoms. The number of carbonyl (C=O) groups excluding carboxylic acids is 1. The third-order valence-corrected chi connectivity index (χ3v) is 5.12. The van der Waals surface area contributed by atoms with Crippen molar-refractivity contribution in [3.05, 3.63) is 65.4 Å². The van der Waals surface area contributed by atoms with Gasteiger partial charge in [0.2, 0.25) is 17.6 Å². The van der Waals surface area contributed by atoms with Gasteiger partial charge in [-0.1, -0.05) is 12.1 Å². The Morgan fingerprint density at radius 1 is 1.21 bits per heavy atom. The van der Waals surface area contributed by atoms with E-state index >= 15 is 0 Å². The molecule has 1 aliphatic heterocycles. The maximum absolute atomic E-state index is 13.0. The first-order valence-corrected chi connectivity index (χ1v) is 9.92. The Morgan fingerprint density at radius 2 is 1.97 bits per heavy atom. The molecule has 1 unspecified atom stereocenters. The number of rotatable bonds is 5. The van der Waals surface area contributed by atoms with Crippen LogP contribution in [0.4, 0.5) is 13.2 Å². The number of ether oxygens (including phenoxy) is 1. The molecule has 3 heterocycles. The number of fused-ring (bicyclic) bond motifs is 1. The van der Waals surface area contributed by atoms with E-state index in [2.05, 4.69) is 15.2 Å². The number of carbonyl (C=O) groups is 1. The molecule has 1 aromatic carbocycles. The monoisotopic (exact) mass is 457 g/mol. The van der Waals surface area contributed by atoms with Gasteiger partial charge in [0.05, 0.1) is 12.6 Å². The van der Waals surface area contributed by atoms with Crippen LogP contribution < -0.4 is 10.5 Å². The minimum Gasteiger partial charge on any atom is -0.438 e. The summed E-state index contributed by atoms with van der Waals surface area (Å²) in [5.74, 6) is -0.730. The van der Waals surface area contributed by atoms with E-state index in [1.807, 2.05) is 6.07 Å². The van der Waals surface area contributed by atoms with E-state index in [0.717, 1.165) is 10.1 Å². The summed E-state index contributed by atoms with van der Waals surface area (Å²) in [6.45, 7) is -0.0632. The lowest BCUT2D eigenvalue weighted by Gasteiger charge is -2.30. The van der Waals surface area contributed by atoms with Crippen LogP contribution in [0.5, 0.6) is 11.6 Å². The van der Waals surface area contributed by atoms with Crippen LogP contribution in [0.1, 0.15) is 22.8 Å². The molecule has 0 saturated heterocycles. The second-order valence-electron chi connectivity index (χ2n) is 7.37. The second kappa shape index (κ2) is 8.87. The first kappa shape index (κ1) is 22.2. The number of nitrogens with zero attached hydrogens (tertiary/aromatic N) is 6. The van der Waals surface area contributed by atoms with Crippen molar-refractivity contribution in [2.24, 2.45) is 5.73 Å². The normalized spacial score (nSPS) is 14.3. The molecule has 3 aromatic rings. The zero-order chi connectivity index (χ0) is 23.6. The lowest BCUT2D eigenvalue weighted by Crippen LogP contribution is -2.48. The number of alkyl halides is 3. The van der Waals surface area contributed by atoms with Gasteiger partial charge in [-0.25, -0.2) is 4.98 Å². The van der Waals surface area contributed by atoms with Gasteiger partial charge in [0.1, 0.15) is 17.4 Å². The van der Waals surface area contributed by atoms with Gasteiger partial charge in [-0.2, -0.15) is 18.4 Å². The number of amides is 1. The summed E-state index contributed by atoms with van der Waals surface area (Å²) in [5.41, 5.74) is 7.15. The minimum absolute atomic E-state index is 0.0557. The summed E-state index contributed by atoms with van der Waals surface area (Å²) in [4.78, 5) is 18.2. The van der Waals surface area contributed by atoms with Gasteiger partial charge in [-0.3, -0.25) is 4.79 Å². The van der Waals surface area contributed by atoms with Crippen LogP contribution in [0.25, 0.3) is 0 Å². The van der Waals surface area contributed by atoms with Crippen molar-refractivity contribution < 1.29 is 22.7 Å². The van der Waals surface area contributed by atoms with Crippen LogP contribution in [0, 0.1) is 11.3 Å². The van der Waals surface area contributed by atoms with Crippen molar-refractivity contribution >= 4 is 5.91 Å². The average Bonchev–Trinajstić information content (AvgIpc) is 3.24. The highest BCUT2D eigenvalue weighted by Gasteiger charge is 2.40. The average molecular weight is 457 g/mol. The molecule has 0 aliphatic carbocycles. The summed E-state index contributed by atoms with van der Waals surface area (Å²) in [7, 11) is 0. The molecule has 0 fully saturated rings. The van der Waals surface area contributed by atoms with Gasteiger partial charge in [0, 0.05) is 19.3 Å². The molecule has 2 aromatic heterocycles. The molecular weight excluding hydrogens is 439 g/mol. The fraction of sp³-hybridized carbons (Fsp3) is 0.286. The van der Waals surface area contributed by atoms with E-state index in [9.17, 15) is 18.0 Å². The molecule has 0 bridgehead atoms. The van der Waals surface area contributed by atoms with E-state index in [4.69, 9.17) is 15.7 Å². The van der Waals surface area contributed by atoms with Crippen molar-refractivity contribution in [2.45, 2.75) is 31.7 Å². The van der Waals surface area contributed by atoms with Crippen LogP contribution in [-0.2, 0) is 30.5 Å². The zero-order valence-corrected chi connectivity index (χ0v) is 17.2. The lowest BCUT2D eigenvalue weighted by atomic mass is 10.0. The third kappa shape index (κ3) is 4.78. The highest BCUT2D eigenvalue weighted by molar-refractivity contribution is 5.82. The predicted octanol–water partition coefficient (Wildman–Crippen LogP) is 2.27. The van der Waals surface area contributed by atoms with Gasteiger partial charge in [-0.15, -0.1) is 10.2 Å². The first-order valence-electron chi connectivity index (χ1n) is 9.92. The summed E-state index contributed by atoms with van der Waals surface area (Å²) in [5, 5.41) is 15.9. The lowest BCUT2D eigenvalue weighted by molar-refractivity contribution is -0.148. The number of pyridine rings is 1. The highest BCUT2D eigenvalue weighted by atomic mass is 19.4. The molecule has 170 valence electrons. The van der Waals surface area contributed by atoms with E-state index in [-0.39, 0.29) is 43.7 Å². The fourth-order valence-corrected chi connectivity index (χ4v) is 3.49.